The molecule has 7 heteroatoms. The Morgan fingerprint density at radius 3 is 2.71 bits per heavy atom. The molecule has 2 heterocycles. The zero-order valence-electron chi connectivity index (χ0n) is 17.6. The minimum atomic E-state index is -0.246. The zero-order chi connectivity index (χ0) is 22.0. The van der Waals surface area contributed by atoms with Crippen molar-refractivity contribution in [3.05, 3.63) is 65.4 Å². The van der Waals surface area contributed by atoms with Crippen LogP contribution in [-0.4, -0.2) is 34.7 Å². The third-order valence-corrected chi connectivity index (χ3v) is 6.52. The lowest BCUT2D eigenvalue weighted by Gasteiger charge is -2.19. The Morgan fingerprint density at radius 2 is 2.00 bits per heavy atom. The number of terminal acetylenes is 1. The van der Waals surface area contributed by atoms with Gasteiger partial charge in [0.05, 0.1) is 29.0 Å². The quantitative estimate of drug-likeness (QED) is 0.606. The van der Waals surface area contributed by atoms with Gasteiger partial charge in [-0.2, -0.15) is 5.10 Å². The van der Waals surface area contributed by atoms with Gasteiger partial charge in [0.2, 0.25) is 5.91 Å². The molecule has 1 aromatic heterocycles. The van der Waals surface area contributed by atoms with E-state index in [0.717, 1.165) is 22.5 Å². The lowest BCUT2D eigenvalue weighted by molar-refractivity contribution is -0.115. The van der Waals surface area contributed by atoms with E-state index in [-0.39, 0.29) is 23.0 Å². The first kappa shape index (κ1) is 20.9. The van der Waals surface area contributed by atoms with E-state index < -0.39 is 0 Å². The van der Waals surface area contributed by atoms with Crippen molar-refractivity contribution in [3.8, 4) is 29.5 Å². The van der Waals surface area contributed by atoms with Crippen LogP contribution in [0, 0.1) is 19.3 Å². The summed E-state index contributed by atoms with van der Waals surface area (Å²) in [6, 6.07) is 15.6. The molecule has 6 nitrogen and oxygen atoms in total. The first-order valence-corrected chi connectivity index (χ1v) is 10.8. The lowest BCUT2D eigenvalue weighted by atomic mass is 10.0. The molecule has 4 rings (SSSR count). The number of nitrogens with zero attached hydrogens (tertiary/aromatic N) is 2. The fourth-order valence-electron chi connectivity index (χ4n) is 3.61. The number of carbonyl (C=O) groups is 1. The molecular weight excluding hydrogens is 410 g/mol. The topological polar surface area (TPSA) is 65.4 Å². The third kappa shape index (κ3) is 3.99. The molecule has 158 valence electrons. The smallest absolute Gasteiger partial charge is 0.238 e. The Kier molecular flexibility index (Phi) is 5.92. The predicted molar refractivity (Wildman–Crippen MR) is 123 cm³/mol. The molecule has 31 heavy (non-hydrogen) atoms. The molecule has 0 saturated heterocycles. The van der Waals surface area contributed by atoms with Crippen LogP contribution in [0.3, 0.4) is 0 Å². The number of anilines is 1. The van der Waals surface area contributed by atoms with Crippen molar-refractivity contribution in [2.24, 2.45) is 0 Å². The van der Waals surface area contributed by atoms with Crippen LogP contribution in [0.1, 0.15) is 29.0 Å². The zero-order valence-corrected chi connectivity index (χ0v) is 18.4. The summed E-state index contributed by atoms with van der Waals surface area (Å²) in [5.41, 5.74) is 3.72. The fourth-order valence-corrected chi connectivity index (χ4v) is 4.93. The predicted octanol–water partition coefficient (Wildman–Crippen LogP) is 4.36. The van der Waals surface area contributed by atoms with Gasteiger partial charge < -0.3 is 14.8 Å². The molecule has 2 aromatic carbocycles. The lowest BCUT2D eigenvalue weighted by Crippen LogP contribution is -2.22. The first-order valence-electron chi connectivity index (χ1n) is 9.89. The number of thioether (sulfide) groups is 1. The number of aromatic nitrogens is 2. The van der Waals surface area contributed by atoms with Crippen LogP contribution in [0.15, 0.2) is 48.5 Å². The van der Waals surface area contributed by atoms with Gasteiger partial charge in [0.25, 0.3) is 0 Å². The Hall–Kier alpha value is -3.37. The van der Waals surface area contributed by atoms with Crippen molar-refractivity contribution in [2.75, 3.05) is 19.0 Å². The number of carbonyl (C=O) groups excluding carboxylic acids is 1. The van der Waals surface area contributed by atoms with Gasteiger partial charge in [-0.05, 0) is 43.7 Å². The molecule has 0 saturated carbocycles. The Labute approximate surface area is 185 Å². The monoisotopic (exact) mass is 433 g/mol. The minimum absolute atomic E-state index is 0.0493. The summed E-state index contributed by atoms with van der Waals surface area (Å²) < 4.78 is 12.9. The molecule has 0 radical (unpaired) electrons. The molecule has 1 aliphatic heterocycles. The van der Waals surface area contributed by atoms with Gasteiger partial charge in [0, 0.05) is 5.56 Å². The van der Waals surface area contributed by atoms with E-state index >= 15 is 0 Å². The molecule has 2 unspecified atom stereocenters. The van der Waals surface area contributed by atoms with E-state index in [9.17, 15) is 4.79 Å². The number of benzene rings is 2. The highest BCUT2D eigenvalue weighted by Crippen LogP contribution is 2.47. The number of hydrogen-bond donors (Lipinski definition) is 1. The summed E-state index contributed by atoms with van der Waals surface area (Å²) in [4.78, 5) is 12.8. The van der Waals surface area contributed by atoms with Crippen molar-refractivity contribution in [2.45, 2.75) is 24.3 Å². The van der Waals surface area contributed by atoms with Crippen LogP contribution < -0.4 is 14.8 Å². The van der Waals surface area contributed by atoms with Crippen molar-refractivity contribution in [3.63, 3.8) is 0 Å². The van der Waals surface area contributed by atoms with Crippen molar-refractivity contribution >= 4 is 23.5 Å². The molecule has 1 amide bonds. The van der Waals surface area contributed by atoms with Crippen molar-refractivity contribution in [1.29, 1.82) is 0 Å². The summed E-state index contributed by atoms with van der Waals surface area (Å²) in [6.07, 6.45) is 5.31. The summed E-state index contributed by atoms with van der Waals surface area (Å²) in [6.45, 7) is 4.04. The molecule has 1 aliphatic rings. The molecule has 0 fully saturated rings. The summed E-state index contributed by atoms with van der Waals surface area (Å²) in [7, 11) is 1.60. The highest BCUT2D eigenvalue weighted by molar-refractivity contribution is 8.01. The van der Waals surface area contributed by atoms with Gasteiger partial charge in [0.15, 0.2) is 11.5 Å². The number of nitrogens with one attached hydrogen (secondary N) is 1. The van der Waals surface area contributed by atoms with Crippen LogP contribution in [0.25, 0.3) is 5.69 Å². The number of fused-ring (bicyclic) bond motifs is 1. The van der Waals surface area contributed by atoms with Crippen LogP contribution in [-0.2, 0) is 4.79 Å². The van der Waals surface area contributed by atoms with E-state index in [2.05, 4.69) is 11.2 Å². The molecule has 0 bridgehead atoms. The summed E-state index contributed by atoms with van der Waals surface area (Å²) in [5, 5.41) is 7.48. The minimum Gasteiger partial charge on any atom is -0.493 e. The standard InChI is InChI=1S/C24H23N3O3S/c1-5-13-30-19-12-11-17(14-20(19)29-4)22-21-15(2)26-27(18-9-7-6-8-10-18)23(21)25-24(28)16(3)31-22/h1,6-12,14,16,22H,13H2,2-4H3,(H,25,28). The number of aryl methyl sites for hydroxylation is 1. The number of amides is 1. The molecule has 1 N–H and O–H groups in total. The van der Waals surface area contributed by atoms with Crippen LogP contribution >= 0.6 is 11.8 Å². The van der Waals surface area contributed by atoms with Gasteiger partial charge in [-0.1, -0.05) is 30.2 Å². The number of rotatable bonds is 5. The molecule has 3 aromatic rings. The van der Waals surface area contributed by atoms with E-state index in [1.54, 1.807) is 23.6 Å². The molecule has 0 aliphatic carbocycles. The normalized spacial score (nSPS) is 17.8. The van der Waals surface area contributed by atoms with Crippen LogP contribution in [0.5, 0.6) is 11.5 Å². The second-order valence-electron chi connectivity index (χ2n) is 7.15. The van der Waals surface area contributed by atoms with Gasteiger partial charge in [-0.15, -0.1) is 18.2 Å². The van der Waals surface area contributed by atoms with Crippen LogP contribution in [0.2, 0.25) is 0 Å². The molecule has 0 spiro atoms. The highest BCUT2D eigenvalue weighted by atomic mass is 32.2. The van der Waals surface area contributed by atoms with Crippen LogP contribution in [0.4, 0.5) is 5.82 Å². The number of hydrogen-bond acceptors (Lipinski definition) is 5. The van der Waals surface area contributed by atoms with E-state index in [4.69, 9.17) is 21.0 Å². The summed E-state index contributed by atoms with van der Waals surface area (Å²) >= 11 is 1.58. The first-order chi connectivity index (χ1) is 15.0. The molecule has 2 atom stereocenters. The fraction of sp³-hybridized carbons (Fsp3) is 0.250. The Balaban J connectivity index is 1.84. The van der Waals surface area contributed by atoms with E-state index in [1.165, 1.54) is 0 Å². The van der Waals surface area contributed by atoms with Gasteiger partial charge in [0.1, 0.15) is 12.4 Å². The largest absolute Gasteiger partial charge is 0.493 e. The number of ether oxygens (including phenoxy) is 2. The third-order valence-electron chi connectivity index (χ3n) is 5.12. The second-order valence-corrected chi connectivity index (χ2v) is 8.60. The van der Waals surface area contributed by atoms with Gasteiger partial charge in [-0.25, -0.2) is 4.68 Å². The maximum Gasteiger partial charge on any atom is 0.238 e. The summed E-state index contributed by atoms with van der Waals surface area (Å²) in [5.74, 6) is 4.29. The number of para-hydroxylation sites is 1. The maximum absolute atomic E-state index is 12.8. The second kappa shape index (κ2) is 8.78. The maximum atomic E-state index is 12.8. The Bertz CT molecular complexity index is 1150. The average Bonchev–Trinajstić information content (AvgIpc) is 3.04. The SMILES string of the molecule is C#CCOc1ccc(C2SC(C)C(=O)Nc3c2c(C)nn3-c2ccccc2)cc1OC. The van der Waals surface area contributed by atoms with E-state index in [1.807, 2.05) is 62.4 Å². The number of methoxy groups -OCH3 is 1. The molecular formula is C24H23N3O3S. The van der Waals surface area contributed by atoms with Crippen molar-refractivity contribution < 1.29 is 14.3 Å². The Morgan fingerprint density at radius 1 is 1.23 bits per heavy atom. The van der Waals surface area contributed by atoms with E-state index in [0.29, 0.717) is 17.3 Å². The van der Waals surface area contributed by atoms with Crippen molar-refractivity contribution in [1.82, 2.24) is 9.78 Å². The van der Waals surface area contributed by atoms with Gasteiger partial charge >= 0.3 is 0 Å². The van der Waals surface area contributed by atoms with Gasteiger partial charge in [-0.3, -0.25) is 4.79 Å². The highest BCUT2D eigenvalue weighted by Gasteiger charge is 2.34. The average molecular weight is 434 g/mol.